The summed E-state index contributed by atoms with van der Waals surface area (Å²) in [5.41, 5.74) is 5.62. The van der Waals surface area contributed by atoms with Gasteiger partial charge in [0.15, 0.2) is 0 Å². The monoisotopic (exact) mass is 436 g/mol. The van der Waals surface area contributed by atoms with Crippen LogP contribution in [0.3, 0.4) is 0 Å². The van der Waals surface area contributed by atoms with Crippen LogP contribution in [-0.2, 0) is 6.54 Å². The average molecular weight is 437 g/mol. The molecule has 1 N–H and O–H groups in total. The molecule has 1 atom stereocenters. The molecule has 1 aliphatic rings. The van der Waals surface area contributed by atoms with Gasteiger partial charge in [-0.15, -0.1) is 0 Å². The second kappa shape index (κ2) is 8.74. The number of benzene rings is 3. The highest BCUT2D eigenvalue weighted by molar-refractivity contribution is 5.86. The maximum absolute atomic E-state index is 13.1. The Bertz CT molecular complexity index is 1290. The van der Waals surface area contributed by atoms with E-state index in [1.165, 1.54) is 0 Å². The zero-order valence-corrected chi connectivity index (χ0v) is 18.5. The lowest BCUT2D eigenvalue weighted by Crippen LogP contribution is -2.45. The number of hydrogen-bond acceptors (Lipinski definition) is 4. The largest absolute Gasteiger partial charge is 0.334 e. The summed E-state index contributed by atoms with van der Waals surface area (Å²) in [6.07, 6.45) is 0. The zero-order chi connectivity index (χ0) is 22.8. The van der Waals surface area contributed by atoms with Crippen LogP contribution in [0.15, 0.2) is 95.1 Å². The summed E-state index contributed by atoms with van der Waals surface area (Å²) in [5.74, 6) is 0.915. The zero-order valence-electron chi connectivity index (χ0n) is 18.5. The van der Waals surface area contributed by atoms with Gasteiger partial charge in [-0.3, -0.25) is 4.90 Å². The molecule has 2 heterocycles. The van der Waals surface area contributed by atoms with E-state index in [1.54, 1.807) is 4.90 Å². The second-order valence-electron chi connectivity index (χ2n) is 8.15. The van der Waals surface area contributed by atoms with E-state index in [1.807, 2.05) is 98.8 Å². The van der Waals surface area contributed by atoms with Gasteiger partial charge >= 0.3 is 6.03 Å². The van der Waals surface area contributed by atoms with Crippen LogP contribution in [0.5, 0.6) is 0 Å². The third-order valence-corrected chi connectivity index (χ3v) is 5.88. The van der Waals surface area contributed by atoms with Crippen molar-refractivity contribution < 1.29 is 9.32 Å². The van der Waals surface area contributed by atoms with E-state index >= 15 is 0 Å². The summed E-state index contributed by atoms with van der Waals surface area (Å²) in [7, 11) is 0. The molecule has 6 heteroatoms. The van der Waals surface area contributed by atoms with Gasteiger partial charge in [-0.25, -0.2) is 4.79 Å². The maximum Gasteiger partial charge on any atom is 0.322 e. The summed E-state index contributed by atoms with van der Waals surface area (Å²) >= 11 is 0. The van der Waals surface area contributed by atoms with Gasteiger partial charge in [-0.2, -0.15) is 4.98 Å². The van der Waals surface area contributed by atoms with Crippen molar-refractivity contribution in [2.24, 2.45) is 0 Å². The van der Waals surface area contributed by atoms with E-state index in [0.29, 0.717) is 18.3 Å². The first-order valence-electron chi connectivity index (χ1n) is 10.9. The van der Waals surface area contributed by atoms with Crippen molar-refractivity contribution in [3.8, 4) is 11.4 Å². The Morgan fingerprint density at radius 1 is 0.909 bits per heavy atom. The van der Waals surface area contributed by atoms with E-state index in [4.69, 9.17) is 9.51 Å². The minimum atomic E-state index is -0.392. The topological polar surface area (TPSA) is 71.3 Å². The van der Waals surface area contributed by atoms with Crippen molar-refractivity contribution in [2.75, 3.05) is 0 Å². The molecule has 0 fully saturated rings. The van der Waals surface area contributed by atoms with Gasteiger partial charge in [0, 0.05) is 11.3 Å². The predicted molar refractivity (Wildman–Crippen MR) is 127 cm³/mol. The van der Waals surface area contributed by atoms with Crippen molar-refractivity contribution in [2.45, 2.75) is 26.4 Å². The first kappa shape index (κ1) is 20.7. The Morgan fingerprint density at radius 3 is 2.27 bits per heavy atom. The molecule has 0 radical (unpaired) electrons. The Hall–Kier alpha value is -4.19. The van der Waals surface area contributed by atoms with Gasteiger partial charge < -0.3 is 9.84 Å². The lowest BCUT2D eigenvalue weighted by molar-refractivity contribution is 0.203. The van der Waals surface area contributed by atoms with Crippen molar-refractivity contribution in [3.05, 3.63) is 113 Å². The van der Waals surface area contributed by atoms with Crippen LogP contribution in [0.4, 0.5) is 4.79 Å². The fraction of sp³-hybridized carbons (Fsp3) is 0.148. The van der Waals surface area contributed by atoms with Gasteiger partial charge in [-0.1, -0.05) is 95.6 Å². The van der Waals surface area contributed by atoms with Gasteiger partial charge in [0.25, 0.3) is 5.89 Å². The molecular formula is C27H24N4O2. The van der Waals surface area contributed by atoms with Gasteiger partial charge in [0.1, 0.15) is 0 Å². The Balaban J connectivity index is 1.59. The number of nitrogens with zero attached hydrogens (tertiary/aromatic N) is 3. The molecule has 0 aliphatic carbocycles. The average Bonchev–Trinajstić information content (AvgIpc) is 3.33. The molecule has 0 saturated carbocycles. The van der Waals surface area contributed by atoms with Crippen molar-refractivity contribution >= 4 is 11.6 Å². The molecule has 1 unspecified atom stereocenters. The first-order chi connectivity index (χ1) is 16.1. The third-order valence-electron chi connectivity index (χ3n) is 5.88. The molecular weight excluding hydrogens is 412 g/mol. The summed E-state index contributed by atoms with van der Waals surface area (Å²) < 4.78 is 5.75. The van der Waals surface area contributed by atoms with Crippen LogP contribution in [-0.4, -0.2) is 21.1 Å². The number of rotatable bonds is 5. The molecule has 0 saturated heterocycles. The number of carbonyl (C=O) groups excluding carboxylic acids is 1. The lowest BCUT2D eigenvalue weighted by atomic mass is 9.94. The van der Waals surface area contributed by atoms with E-state index < -0.39 is 6.04 Å². The number of urea groups is 1. The smallest absolute Gasteiger partial charge is 0.322 e. The molecule has 5 rings (SSSR count). The molecule has 0 spiro atoms. The number of nitrogens with one attached hydrogen (secondary N) is 1. The van der Waals surface area contributed by atoms with Gasteiger partial charge in [0.05, 0.1) is 18.2 Å². The van der Waals surface area contributed by atoms with E-state index in [2.05, 4.69) is 10.5 Å². The quantitative estimate of drug-likeness (QED) is 0.433. The van der Waals surface area contributed by atoms with Crippen LogP contribution >= 0.6 is 0 Å². The standard InChI is InChI=1S/C27H24N4O2/c1-18-13-15-22(16-14-18)25-29-26(33-30-25)23-19(2)31(17-20-9-5-3-6-10-20)27(32)28-24(23)21-11-7-4-8-12-21/h3-16,24H,17H2,1-2H3,(H,28,32). The Morgan fingerprint density at radius 2 is 1.58 bits per heavy atom. The number of amides is 2. The number of aryl methyl sites for hydroxylation is 1. The van der Waals surface area contributed by atoms with E-state index in [0.717, 1.165) is 33.5 Å². The normalized spacial score (nSPS) is 16.1. The van der Waals surface area contributed by atoms with Crippen LogP contribution in [0.1, 0.15) is 35.5 Å². The van der Waals surface area contributed by atoms with Crippen LogP contribution < -0.4 is 5.32 Å². The highest BCUT2D eigenvalue weighted by Crippen LogP contribution is 2.37. The van der Waals surface area contributed by atoms with E-state index in [9.17, 15) is 4.79 Å². The van der Waals surface area contributed by atoms with Crippen molar-refractivity contribution in [1.82, 2.24) is 20.4 Å². The molecule has 1 aliphatic heterocycles. The first-order valence-corrected chi connectivity index (χ1v) is 10.9. The second-order valence-corrected chi connectivity index (χ2v) is 8.15. The van der Waals surface area contributed by atoms with Gasteiger partial charge in [-0.05, 0) is 25.0 Å². The van der Waals surface area contributed by atoms with Crippen molar-refractivity contribution in [1.29, 1.82) is 0 Å². The van der Waals surface area contributed by atoms with Crippen molar-refractivity contribution in [3.63, 3.8) is 0 Å². The Labute approximate surface area is 192 Å². The Kier molecular flexibility index (Phi) is 5.48. The number of carbonyl (C=O) groups is 1. The fourth-order valence-electron chi connectivity index (χ4n) is 4.06. The molecule has 6 nitrogen and oxygen atoms in total. The van der Waals surface area contributed by atoms with Crippen LogP contribution in [0.2, 0.25) is 0 Å². The maximum atomic E-state index is 13.1. The number of aromatic nitrogens is 2. The minimum Gasteiger partial charge on any atom is -0.334 e. The van der Waals surface area contributed by atoms with Crippen LogP contribution in [0, 0.1) is 6.92 Å². The summed E-state index contributed by atoms with van der Waals surface area (Å²) in [4.78, 5) is 19.6. The molecule has 1 aromatic heterocycles. The molecule has 4 aromatic rings. The molecule has 0 bridgehead atoms. The molecule has 33 heavy (non-hydrogen) atoms. The van der Waals surface area contributed by atoms with Gasteiger partial charge in [0.2, 0.25) is 5.82 Å². The number of allylic oxidation sites excluding steroid dienone is 1. The summed E-state index contributed by atoms with van der Waals surface area (Å²) in [6.45, 7) is 4.42. The summed E-state index contributed by atoms with van der Waals surface area (Å²) in [5, 5.41) is 7.37. The van der Waals surface area contributed by atoms with Crippen LogP contribution in [0.25, 0.3) is 17.0 Å². The minimum absolute atomic E-state index is 0.160. The summed E-state index contributed by atoms with van der Waals surface area (Å²) in [6, 6.07) is 27.2. The third kappa shape index (κ3) is 4.15. The fourth-order valence-corrected chi connectivity index (χ4v) is 4.06. The number of hydrogen-bond donors (Lipinski definition) is 1. The highest BCUT2D eigenvalue weighted by atomic mass is 16.5. The SMILES string of the molecule is CC1=C(c2nc(-c3ccc(C)cc3)no2)C(c2ccccc2)NC(=O)N1Cc1ccccc1. The molecule has 164 valence electrons. The van der Waals surface area contributed by atoms with E-state index in [-0.39, 0.29) is 6.03 Å². The molecule has 2 amide bonds. The predicted octanol–water partition coefficient (Wildman–Crippen LogP) is 5.74. The molecule has 3 aromatic carbocycles. The highest BCUT2D eigenvalue weighted by Gasteiger charge is 2.35. The lowest BCUT2D eigenvalue weighted by Gasteiger charge is -2.35.